The monoisotopic (exact) mass is 224 g/mol. The van der Waals surface area contributed by atoms with Gasteiger partial charge in [0.2, 0.25) is 0 Å². The molecule has 1 fully saturated rings. The summed E-state index contributed by atoms with van der Waals surface area (Å²) in [6.45, 7) is 1.01. The second-order valence-electron chi connectivity index (χ2n) is 4.00. The molecule has 88 valence electrons. The summed E-state index contributed by atoms with van der Waals surface area (Å²) < 4.78 is 10.2. The molecule has 2 N–H and O–H groups in total. The van der Waals surface area contributed by atoms with Gasteiger partial charge in [-0.3, -0.25) is 0 Å². The Bertz CT molecular complexity index is 369. The van der Waals surface area contributed by atoms with Crippen molar-refractivity contribution in [2.75, 3.05) is 20.3 Å². The van der Waals surface area contributed by atoms with Crippen molar-refractivity contribution in [3.05, 3.63) is 23.8 Å². The van der Waals surface area contributed by atoms with Gasteiger partial charge in [0.25, 0.3) is 0 Å². The molecule has 0 spiro atoms. The van der Waals surface area contributed by atoms with Crippen LogP contribution in [0, 0.1) is 0 Å². The van der Waals surface area contributed by atoms with Crippen LogP contribution in [0.5, 0.6) is 11.5 Å². The number of phenolic OH excluding ortho intramolecular Hbond substituents is 1. The maximum Gasteiger partial charge on any atom is 0.163 e. The van der Waals surface area contributed by atoms with Crippen molar-refractivity contribution >= 4 is 0 Å². The highest BCUT2D eigenvalue weighted by atomic mass is 16.5. The van der Waals surface area contributed by atoms with E-state index in [1.54, 1.807) is 18.2 Å². The molecule has 1 aromatic carbocycles. The number of aromatic hydroxyl groups is 1. The first kappa shape index (κ1) is 11.2. The number of para-hydroxylation sites is 1. The highest BCUT2D eigenvalue weighted by Crippen LogP contribution is 2.41. The van der Waals surface area contributed by atoms with E-state index < -0.39 is 5.60 Å². The zero-order valence-electron chi connectivity index (χ0n) is 9.27. The normalized spacial score (nSPS) is 19.4. The van der Waals surface area contributed by atoms with Crippen molar-refractivity contribution in [1.82, 2.24) is 0 Å². The maximum atomic E-state index is 10.4. The fourth-order valence-electron chi connectivity index (χ4n) is 2.04. The lowest BCUT2D eigenvalue weighted by Crippen LogP contribution is -2.33. The number of methoxy groups -OCH3 is 1. The van der Waals surface area contributed by atoms with Crippen LogP contribution in [0.2, 0.25) is 0 Å². The average molecular weight is 224 g/mol. The lowest BCUT2D eigenvalue weighted by Gasteiger charge is -2.33. The minimum atomic E-state index is -1.00. The Kier molecular flexibility index (Phi) is 3.03. The van der Waals surface area contributed by atoms with Crippen molar-refractivity contribution in [3.8, 4) is 11.5 Å². The smallest absolute Gasteiger partial charge is 0.163 e. The molecule has 0 atom stereocenters. The fraction of sp³-hybridized carbons (Fsp3) is 0.500. The molecule has 1 saturated heterocycles. The predicted octanol–water partition coefficient (Wildman–Crippen LogP) is 1.40. The van der Waals surface area contributed by atoms with Gasteiger partial charge in [0.1, 0.15) is 0 Å². The molecule has 0 amide bonds. The molecular formula is C12H16O4. The molecule has 0 aromatic heterocycles. The van der Waals surface area contributed by atoms with Gasteiger partial charge in [0, 0.05) is 31.6 Å². The van der Waals surface area contributed by atoms with E-state index in [1.807, 2.05) is 0 Å². The van der Waals surface area contributed by atoms with Crippen LogP contribution < -0.4 is 4.74 Å². The van der Waals surface area contributed by atoms with E-state index in [4.69, 9.17) is 9.47 Å². The van der Waals surface area contributed by atoms with Crippen LogP contribution in [0.15, 0.2) is 18.2 Å². The number of ether oxygens (including phenoxy) is 2. The van der Waals surface area contributed by atoms with E-state index in [0.717, 1.165) is 0 Å². The minimum Gasteiger partial charge on any atom is -0.504 e. The van der Waals surface area contributed by atoms with Crippen molar-refractivity contribution < 1.29 is 19.7 Å². The largest absolute Gasteiger partial charge is 0.504 e. The molecule has 1 heterocycles. The van der Waals surface area contributed by atoms with Gasteiger partial charge in [-0.1, -0.05) is 12.1 Å². The zero-order chi connectivity index (χ0) is 11.6. The third-order valence-electron chi connectivity index (χ3n) is 3.04. The van der Waals surface area contributed by atoms with Gasteiger partial charge in [-0.2, -0.15) is 0 Å². The lowest BCUT2D eigenvalue weighted by molar-refractivity contribution is -0.0690. The second-order valence-corrected chi connectivity index (χ2v) is 4.00. The number of phenols is 1. The Hall–Kier alpha value is -1.26. The summed E-state index contributed by atoms with van der Waals surface area (Å²) in [5.74, 6) is 0.409. The molecular weight excluding hydrogens is 208 g/mol. The van der Waals surface area contributed by atoms with E-state index >= 15 is 0 Å². The van der Waals surface area contributed by atoms with Crippen LogP contribution >= 0.6 is 0 Å². The van der Waals surface area contributed by atoms with E-state index in [0.29, 0.717) is 37.4 Å². The third-order valence-corrected chi connectivity index (χ3v) is 3.04. The van der Waals surface area contributed by atoms with Gasteiger partial charge in [0.05, 0.1) is 12.7 Å². The summed E-state index contributed by atoms with van der Waals surface area (Å²) in [7, 11) is 1.49. The Balaban J connectivity index is 2.38. The van der Waals surface area contributed by atoms with Crippen LogP contribution in [-0.4, -0.2) is 30.5 Å². The van der Waals surface area contributed by atoms with Crippen molar-refractivity contribution in [3.63, 3.8) is 0 Å². The highest BCUT2D eigenvalue weighted by Gasteiger charge is 2.34. The van der Waals surface area contributed by atoms with Gasteiger partial charge in [-0.25, -0.2) is 0 Å². The van der Waals surface area contributed by atoms with Gasteiger partial charge in [0.15, 0.2) is 11.5 Å². The summed E-state index contributed by atoms with van der Waals surface area (Å²) in [6.07, 6.45) is 0.988. The van der Waals surface area contributed by atoms with Crippen molar-refractivity contribution in [1.29, 1.82) is 0 Å². The fourth-order valence-corrected chi connectivity index (χ4v) is 2.04. The number of rotatable bonds is 2. The SMILES string of the molecule is COc1cccc(C2(O)CCOCC2)c1O. The first-order chi connectivity index (χ1) is 7.67. The molecule has 4 nitrogen and oxygen atoms in total. The maximum absolute atomic E-state index is 10.4. The molecule has 1 aliphatic heterocycles. The molecule has 16 heavy (non-hydrogen) atoms. The van der Waals surface area contributed by atoms with Gasteiger partial charge in [-0.15, -0.1) is 0 Å². The van der Waals surface area contributed by atoms with Gasteiger partial charge < -0.3 is 19.7 Å². The molecule has 2 rings (SSSR count). The lowest BCUT2D eigenvalue weighted by atomic mass is 9.86. The zero-order valence-corrected chi connectivity index (χ0v) is 9.27. The van der Waals surface area contributed by atoms with Crippen molar-refractivity contribution in [2.45, 2.75) is 18.4 Å². The van der Waals surface area contributed by atoms with Crippen molar-refractivity contribution in [2.24, 2.45) is 0 Å². The molecule has 0 unspecified atom stereocenters. The summed E-state index contributed by atoms with van der Waals surface area (Å²) in [4.78, 5) is 0. The summed E-state index contributed by atoms with van der Waals surface area (Å²) in [6, 6.07) is 5.16. The molecule has 0 bridgehead atoms. The standard InChI is InChI=1S/C12H16O4/c1-15-10-4-2-3-9(11(10)13)12(14)5-7-16-8-6-12/h2-4,13-14H,5-8H2,1H3. The number of hydrogen-bond acceptors (Lipinski definition) is 4. The molecule has 0 aliphatic carbocycles. The first-order valence-corrected chi connectivity index (χ1v) is 5.34. The van der Waals surface area contributed by atoms with Gasteiger partial charge in [-0.05, 0) is 6.07 Å². The van der Waals surface area contributed by atoms with Crippen LogP contribution in [0.3, 0.4) is 0 Å². The Morgan fingerprint density at radius 2 is 2.00 bits per heavy atom. The topological polar surface area (TPSA) is 58.9 Å². The van der Waals surface area contributed by atoms with Crippen LogP contribution in [0.4, 0.5) is 0 Å². The van der Waals surface area contributed by atoms with E-state index in [1.165, 1.54) is 7.11 Å². The second kappa shape index (κ2) is 4.31. The van der Waals surface area contributed by atoms with Crippen LogP contribution in [0.25, 0.3) is 0 Å². The molecule has 1 aliphatic rings. The average Bonchev–Trinajstić information content (AvgIpc) is 2.30. The summed E-state index contributed by atoms with van der Waals surface area (Å²) >= 11 is 0. The highest BCUT2D eigenvalue weighted by molar-refractivity contribution is 5.48. The Morgan fingerprint density at radius 3 is 2.62 bits per heavy atom. The molecule has 1 aromatic rings. The summed E-state index contributed by atoms with van der Waals surface area (Å²) in [5, 5.41) is 20.4. The quantitative estimate of drug-likeness (QED) is 0.797. The minimum absolute atomic E-state index is 0.0226. The Morgan fingerprint density at radius 1 is 1.31 bits per heavy atom. The predicted molar refractivity (Wildman–Crippen MR) is 58.6 cm³/mol. The third kappa shape index (κ3) is 1.86. The van der Waals surface area contributed by atoms with Crippen LogP contribution in [-0.2, 0) is 10.3 Å². The number of aliphatic hydroxyl groups is 1. The summed E-state index contributed by atoms with van der Waals surface area (Å²) in [5.41, 5.74) is -0.480. The van der Waals surface area contributed by atoms with E-state index in [-0.39, 0.29) is 5.75 Å². The molecule has 0 saturated carbocycles. The molecule has 0 radical (unpaired) electrons. The molecule has 4 heteroatoms. The first-order valence-electron chi connectivity index (χ1n) is 5.34. The van der Waals surface area contributed by atoms with Crippen LogP contribution in [0.1, 0.15) is 18.4 Å². The van der Waals surface area contributed by atoms with E-state index in [9.17, 15) is 10.2 Å². The van der Waals surface area contributed by atoms with Gasteiger partial charge >= 0.3 is 0 Å². The number of hydrogen-bond donors (Lipinski definition) is 2. The number of benzene rings is 1. The van der Waals surface area contributed by atoms with E-state index in [2.05, 4.69) is 0 Å². The Labute approximate surface area is 94.4 Å².